The summed E-state index contributed by atoms with van der Waals surface area (Å²) in [6.07, 6.45) is 4.64. The lowest BCUT2D eigenvalue weighted by atomic mass is 10.0. The molecule has 2 atom stereocenters. The quantitative estimate of drug-likeness (QED) is 0.739. The summed E-state index contributed by atoms with van der Waals surface area (Å²) in [5, 5.41) is 3.74. The molecule has 0 radical (unpaired) electrons. The van der Waals surface area contributed by atoms with Crippen LogP contribution in [0.3, 0.4) is 0 Å². The van der Waals surface area contributed by atoms with Gasteiger partial charge in [0.25, 0.3) is 0 Å². The van der Waals surface area contributed by atoms with E-state index in [-0.39, 0.29) is 0 Å². The molecule has 1 heterocycles. The predicted molar refractivity (Wildman–Crippen MR) is 83.3 cm³/mol. The Morgan fingerprint density at radius 3 is 2.79 bits per heavy atom. The van der Waals surface area contributed by atoms with Crippen LogP contribution in [0.2, 0.25) is 0 Å². The molecule has 0 aromatic rings. The number of hydrogen-bond acceptors (Lipinski definition) is 3. The summed E-state index contributed by atoms with van der Waals surface area (Å²) in [6, 6.07) is 1.17. The predicted octanol–water partition coefficient (Wildman–Crippen LogP) is 1.79. The van der Waals surface area contributed by atoms with Gasteiger partial charge in [0.2, 0.25) is 0 Å². The van der Waals surface area contributed by atoms with Crippen LogP contribution in [-0.2, 0) is 0 Å². The fraction of sp³-hybridized carbons (Fsp3) is 0.875. The Morgan fingerprint density at radius 1 is 1.32 bits per heavy atom. The molecule has 19 heavy (non-hydrogen) atoms. The van der Waals surface area contributed by atoms with Crippen molar-refractivity contribution >= 4 is 0 Å². The van der Waals surface area contributed by atoms with Crippen molar-refractivity contribution < 1.29 is 0 Å². The van der Waals surface area contributed by atoms with E-state index in [1.165, 1.54) is 25.9 Å². The van der Waals surface area contributed by atoms with Crippen LogP contribution in [0, 0.1) is 11.8 Å². The van der Waals surface area contributed by atoms with Crippen LogP contribution in [0.4, 0.5) is 0 Å². The SMILES string of the molecule is CC#CCCC(NCCC)C1CN(C)CCCN1C. The van der Waals surface area contributed by atoms with E-state index < -0.39 is 0 Å². The summed E-state index contributed by atoms with van der Waals surface area (Å²) in [6.45, 7) is 8.86. The van der Waals surface area contributed by atoms with E-state index in [4.69, 9.17) is 0 Å². The normalized spacial score (nSPS) is 23.5. The molecule has 0 bridgehead atoms. The van der Waals surface area contributed by atoms with Gasteiger partial charge < -0.3 is 15.1 Å². The molecule has 0 spiro atoms. The van der Waals surface area contributed by atoms with Gasteiger partial charge >= 0.3 is 0 Å². The lowest BCUT2D eigenvalue weighted by Gasteiger charge is -2.35. The Bertz CT molecular complexity index is 292. The van der Waals surface area contributed by atoms with E-state index in [2.05, 4.69) is 48.0 Å². The third-order valence-electron chi connectivity index (χ3n) is 3.99. The molecule has 110 valence electrons. The number of likely N-dealkylation sites (N-methyl/N-ethyl adjacent to an activating group) is 2. The second-order valence-electron chi connectivity index (χ2n) is 5.69. The van der Waals surface area contributed by atoms with Crippen molar-refractivity contribution in [3.8, 4) is 11.8 Å². The summed E-state index contributed by atoms with van der Waals surface area (Å²) < 4.78 is 0. The maximum atomic E-state index is 3.74. The summed E-state index contributed by atoms with van der Waals surface area (Å²) in [7, 11) is 4.52. The van der Waals surface area contributed by atoms with Gasteiger partial charge in [0.1, 0.15) is 0 Å². The first-order valence-corrected chi connectivity index (χ1v) is 7.70. The molecule has 0 aromatic carbocycles. The van der Waals surface area contributed by atoms with E-state index in [0.29, 0.717) is 12.1 Å². The first kappa shape index (κ1) is 16.5. The van der Waals surface area contributed by atoms with Crippen molar-refractivity contribution in [1.82, 2.24) is 15.1 Å². The van der Waals surface area contributed by atoms with Crippen molar-refractivity contribution in [2.24, 2.45) is 0 Å². The molecular formula is C16H31N3. The molecule has 1 saturated heterocycles. The van der Waals surface area contributed by atoms with Crippen molar-refractivity contribution in [2.75, 3.05) is 40.3 Å². The minimum Gasteiger partial charge on any atom is -0.312 e. The van der Waals surface area contributed by atoms with Crippen LogP contribution < -0.4 is 5.32 Å². The largest absolute Gasteiger partial charge is 0.312 e. The standard InChI is InChI=1S/C16H31N3/c1-5-7-8-10-15(17-11-6-2)16-14-18(3)12-9-13-19(16)4/h15-17H,6,8-14H2,1-4H3. The fourth-order valence-corrected chi connectivity index (χ4v) is 2.85. The van der Waals surface area contributed by atoms with Gasteiger partial charge in [0.15, 0.2) is 0 Å². The highest BCUT2D eigenvalue weighted by molar-refractivity contribution is 4.97. The van der Waals surface area contributed by atoms with E-state index in [1.807, 2.05) is 6.92 Å². The third-order valence-corrected chi connectivity index (χ3v) is 3.99. The lowest BCUT2D eigenvalue weighted by Crippen LogP contribution is -2.52. The molecule has 1 rings (SSSR count). The van der Waals surface area contributed by atoms with E-state index in [1.54, 1.807) is 0 Å². The van der Waals surface area contributed by atoms with Crippen LogP contribution in [0.1, 0.15) is 39.5 Å². The van der Waals surface area contributed by atoms with Gasteiger partial charge in [0, 0.05) is 25.0 Å². The second-order valence-corrected chi connectivity index (χ2v) is 5.69. The zero-order valence-corrected chi connectivity index (χ0v) is 13.2. The molecule has 0 aromatic heterocycles. The number of hydrogen-bond donors (Lipinski definition) is 1. The Balaban J connectivity index is 2.64. The highest BCUT2D eigenvalue weighted by atomic mass is 15.2. The lowest BCUT2D eigenvalue weighted by molar-refractivity contribution is 0.173. The van der Waals surface area contributed by atoms with Gasteiger partial charge in [-0.1, -0.05) is 6.92 Å². The average molecular weight is 265 g/mol. The summed E-state index contributed by atoms with van der Waals surface area (Å²) in [5.41, 5.74) is 0. The highest BCUT2D eigenvalue weighted by Gasteiger charge is 2.27. The minimum atomic E-state index is 0.561. The third kappa shape index (κ3) is 5.95. The molecule has 1 aliphatic rings. The topological polar surface area (TPSA) is 18.5 Å². The molecule has 0 amide bonds. The molecule has 1 fully saturated rings. The second kappa shape index (κ2) is 9.36. The van der Waals surface area contributed by atoms with E-state index >= 15 is 0 Å². The zero-order valence-electron chi connectivity index (χ0n) is 13.2. The molecule has 0 aliphatic carbocycles. The zero-order chi connectivity index (χ0) is 14.1. The van der Waals surface area contributed by atoms with Crippen LogP contribution >= 0.6 is 0 Å². The van der Waals surface area contributed by atoms with Crippen LogP contribution in [0.15, 0.2) is 0 Å². The van der Waals surface area contributed by atoms with Gasteiger partial charge in [-0.15, -0.1) is 11.8 Å². The first-order chi connectivity index (χ1) is 9.19. The minimum absolute atomic E-state index is 0.561. The Hall–Kier alpha value is -0.560. The Kier molecular flexibility index (Phi) is 8.13. The van der Waals surface area contributed by atoms with E-state index in [0.717, 1.165) is 25.9 Å². The van der Waals surface area contributed by atoms with Crippen molar-refractivity contribution in [2.45, 2.75) is 51.6 Å². The van der Waals surface area contributed by atoms with Crippen molar-refractivity contribution in [1.29, 1.82) is 0 Å². The molecule has 0 saturated carbocycles. The number of rotatable bonds is 6. The molecule has 1 N–H and O–H groups in total. The van der Waals surface area contributed by atoms with Crippen molar-refractivity contribution in [3.63, 3.8) is 0 Å². The maximum Gasteiger partial charge on any atom is 0.0373 e. The fourth-order valence-electron chi connectivity index (χ4n) is 2.85. The summed E-state index contributed by atoms with van der Waals surface area (Å²) >= 11 is 0. The molecule has 1 aliphatic heterocycles. The van der Waals surface area contributed by atoms with Gasteiger partial charge in [0.05, 0.1) is 0 Å². The Morgan fingerprint density at radius 2 is 2.11 bits per heavy atom. The van der Waals surface area contributed by atoms with Gasteiger partial charge in [-0.05, 0) is 59.9 Å². The number of nitrogens with zero attached hydrogens (tertiary/aromatic N) is 2. The molecule has 3 nitrogen and oxygen atoms in total. The first-order valence-electron chi connectivity index (χ1n) is 7.70. The smallest absolute Gasteiger partial charge is 0.0373 e. The summed E-state index contributed by atoms with van der Waals surface area (Å²) in [4.78, 5) is 5.01. The molecule has 2 unspecified atom stereocenters. The Labute approximate surface area is 119 Å². The molecular weight excluding hydrogens is 234 g/mol. The number of nitrogens with one attached hydrogen (secondary N) is 1. The monoisotopic (exact) mass is 265 g/mol. The van der Waals surface area contributed by atoms with Gasteiger partial charge in [-0.25, -0.2) is 0 Å². The summed E-state index contributed by atoms with van der Waals surface area (Å²) in [5.74, 6) is 6.23. The van der Waals surface area contributed by atoms with Crippen LogP contribution in [-0.4, -0.2) is 62.2 Å². The average Bonchev–Trinajstić information content (AvgIpc) is 2.56. The van der Waals surface area contributed by atoms with Gasteiger partial charge in [-0.2, -0.15) is 0 Å². The van der Waals surface area contributed by atoms with Crippen LogP contribution in [0.25, 0.3) is 0 Å². The van der Waals surface area contributed by atoms with Crippen molar-refractivity contribution in [3.05, 3.63) is 0 Å². The van der Waals surface area contributed by atoms with Gasteiger partial charge in [-0.3, -0.25) is 0 Å². The van der Waals surface area contributed by atoms with E-state index in [9.17, 15) is 0 Å². The van der Waals surface area contributed by atoms with Crippen LogP contribution in [0.5, 0.6) is 0 Å². The maximum absolute atomic E-state index is 3.74. The highest BCUT2D eigenvalue weighted by Crippen LogP contribution is 2.14. The molecule has 3 heteroatoms.